The van der Waals surface area contributed by atoms with Crippen LogP contribution >= 0.6 is 0 Å². The van der Waals surface area contributed by atoms with Crippen LogP contribution in [0.1, 0.15) is 13.8 Å². The molecule has 0 aromatic rings. The van der Waals surface area contributed by atoms with Crippen LogP contribution in [0.4, 0.5) is 0 Å². The third-order valence-electron chi connectivity index (χ3n) is 1.60. The van der Waals surface area contributed by atoms with E-state index >= 15 is 0 Å². The van der Waals surface area contributed by atoms with Crippen LogP contribution in [0, 0.1) is 0 Å². The Hall–Kier alpha value is -0.141. The monoisotopic (exact) mass is 194 g/mol. The molecule has 0 bridgehead atoms. The van der Waals surface area contributed by atoms with E-state index < -0.39 is 12.7 Å². The average molecular weight is 193 g/mol. The molecule has 0 spiro atoms. The summed E-state index contributed by atoms with van der Waals surface area (Å²) < 4.78 is 21.8. The molecule has 1 rings (SSSR count). The van der Waals surface area contributed by atoms with E-state index in [-0.39, 0.29) is 0 Å². The molecule has 0 N–H and O–H groups in total. The molecule has 0 saturated heterocycles. The van der Waals surface area contributed by atoms with Gasteiger partial charge in [0.25, 0.3) is 0 Å². The van der Waals surface area contributed by atoms with E-state index in [1.54, 1.807) is 0 Å². The van der Waals surface area contributed by atoms with Gasteiger partial charge in [0.2, 0.25) is 0 Å². The standard InChI is InChI=1S/C6H10O2Se/c1-5-3-9(7,8)4-6(5)2/h3-4H2,1-2H3. The molecule has 0 radical (unpaired) electrons. The Morgan fingerprint density at radius 2 is 1.44 bits per heavy atom. The minimum absolute atomic E-state index is 0.350. The molecule has 9 heavy (non-hydrogen) atoms. The van der Waals surface area contributed by atoms with Crippen LogP contribution in [0.3, 0.4) is 0 Å². The molecule has 1 aliphatic heterocycles. The predicted molar refractivity (Wildman–Crippen MR) is 35.1 cm³/mol. The Morgan fingerprint density at radius 3 is 1.56 bits per heavy atom. The second-order valence-corrected chi connectivity index (χ2v) is 6.92. The number of allylic oxidation sites excluding steroid dienone is 2. The summed E-state index contributed by atoms with van der Waals surface area (Å²) in [5.74, 6) is 0. The zero-order chi connectivity index (χ0) is 7.07. The predicted octanol–water partition coefficient (Wildman–Crippen LogP) is 1.64. The third-order valence-corrected chi connectivity index (χ3v) is 5.26. The number of hydrogen-bond donors (Lipinski definition) is 0. The van der Waals surface area contributed by atoms with Crippen molar-refractivity contribution in [1.29, 1.82) is 0 Å². The fourth-order valence-corrected chi connectivity index (χ4v) is 4.97. The van der Waals surface area contributed by atoms with Gasteiger partial charge in [0.05, 0.1) is 0 Å². The molecule has 0 saturated carbocycles. The molecule has 2 nitrogen and oxygen atoms in total. The topological polar surface area (TPSA) is 34.1 Å². The number of rotatable bonds is 0. The zero-order valence-electron chi connectivity index (χ0n) is 5.64. The summed E-state index contributed by atoms with van der Waals surface area (Å²) in [7, 11) is 0. The van der Waals surface area contributed by atoms with Gasteiger partial charge in [-0.15, -0.1) is 0 Å². The maximum atomic E-state index is 10.9. The van der Waals surface area contributed by atoms with Crippen molar-refractivity contribution in [2.45, 2.75) is 24.5 Å². The van der Waals surface area contributed by atoms with Gasteiger partial charge in [-0.3, -0.25) is 0 Å². The van der Waals surface area contributed by atoms with Crippen LogP contribution in [0.25, 0.3) is 0 Å². The van der Waals surface area contributed by atoms with Gasteiger partial charge in [-0.05, 0) is 0 Å². The average Bonchev–Trinajstić information content (AvgIpc) is 1.79. The van der Waals surface area contributed by atoms with Crippen LogP contribution in [0.15, 0.2) is 11.1 Å². The summed E-state index contributed by atoms with van der Waals surface area (Å²) in [5, 5.41) is 0.699. The molecule has 0 aliphatic carbocycles. The fourth-order valence-electron chi connectivity index (χ4n) is 0.957. The van der Waals surface area contributed by atoms with Crippen molar-refractivity contribution in [3.05, 3.63) is 11.1 Å². The zero-order valence-corrected chi connectivity index (χ0v) is 7.35. The van der Waals surface area contributed by atoms with Crippen molar-refractivity contribution in [2.75, 3.05) is 0 Å². The van der Waals surface area contributed by atoms with E-state index in [4.69, 9.17) is 0 Å². The summed E-state index contributed by atoms with van der Waals surface area (Å²) >= 11 is -3.40. The van der Waals surface area contributed by atoms with Gasteiger partial charge >= 0.3 is 56.0 Å². The molecule has 0 unspecified atom stereocenters. The van der Waals surface area contributed by atoms with E-state index in [0.717, 1.165) is 11.1 Å². The first kappa shape index (κ1) is 6.97. The van der Waals surface area contributed by atoms with Crippen LogP contribution < -0.4 is 0 Å². The van der Waals surface area contributed by atoms with Gasteiger partial charge in [-0.2, -0.15) is 0 Å². The summed E-state index contributed by atoms with van der Waals surface area (Å²) in [4.78, 5) is 0. The molecule has 0 amide bonds. The van der Waals surface area contributed by atoms with Gasteiger partial charge in [-0.1, -0.05) is 0 Å². The molecule has 0 aromatic heterocycles. The van der Waals surface area contributed by atoms with E-state index in [2.05, 4.69) is 0 Å². The van der Waals surface area contributed by atoms with Gasteiger partial charge in [-0.25, -0.2) is 0 Å². The van der Waals surface area contributed by atoms with E-state index in [9.17, 15) is 7.67 Å². The van der Waals surface area contributed by atoms with Crippen molar-refractivity contribution in [1.82, 2.24) is 0 Å². The first-order chi connectivity index (χ1) is 4.01. The Kier molecular flexibility index (Phi) is 1.49. The molecular formula is C6H10O2Se. The van der Waals surface area contributed by atoms with Crippen molar-refractivity contribution in [3.8, 4) is 0 Å². The second-order valence-electron chi connectivity index (χ2n) is 2.59. The van der Waals surface area contributed by atoms with Crippen LogP contribution in [0.2, 0.25) is 10.6 Å². The van der Waals surface area contributed by atoms with Gasteiger partial charge in [0.1, 0.15) is 0 Å². The third kappa shape index (κ3) is 1.40. The molecule has 1 aliphatic rings. The molecule has 0 atom stereocenters. The molecule has 1 heterocycles. The fraction of sp³-hybridized carbons (Fsp3) is 0.667. The molecule has 0 fully saturated rings. The van der Waals surface area contributed by atoms with Crippen molar-refractivity contribution < 1.29 is 7.67 Å². The summed E-state index contributed by atoms with van der Waals surface area (Å²) in [5.41, 5.74) is 2.11. The van der Waals surface area contributed by atoms with Crippen molar-refractivity contribution in [3.63, 3.8) is 0 Å². The van der Waals surface area contributed by atoms with Gasteiger partial charge < -0.3 is 0 Å². The summed E-state index contributed by atoms with van der Waals surface area (Å²) in [6.07, 6.45) is 0. The molecule has 3 heteroatoms. The quantitative estimate of drug-likeness (QED) is 0.433. The van der Waals surface area contributed by atoms with E-state index in [1.807, 2.05) is 13.8 Å². The second kappa shape index (κ2) is 1.93. The maximum absolute atomic E-state index is 10.9. The van der Waals surface area contributed by atoms with E-state index in [1.165, 1.54) is 0 Å². The molecule has 0 aromatic carbocycles. The Balaban J connectivity index is 2.95. The first-order valence-corrected chi connectivity index (χ1v) is 6.69. The Labute approximate surface area is 56.6 Å². The molecule has 52 valence electrons. The van der Waals surface area contributed by atoms with Crippen LogP contribution in [-0.2, 0) is 7.67 Å². The number of hydrogen-bond acceptors (Lipinski definition) is 2. The Morgan fingerprint density at radius 1 is 1.11 bits per heavy atom. The Bertz CT molecular complexity index is 226. The van der Waals surface area contributed by atoms with Crippen molar-refractivity contribution >= 4 is 12.7 Å². The molecular weight excluding hydrogens is 183 g/mol. The van der Waals surface area contributed by atoms with Crippen LogP contribution in [0.5, 0.6) is 0 Å². The van der Waals surface area contributed by atoms with Crippen LogP contribution in [-0.4, -0.2) is 12.7 Å². The van der Waals surface area contributed by atoms with E-state index in [0.29, 0.717) is 10.6 Å². The normalized spacial score (nSPS) is 25.1. The SMILES string of the molecule is CC1=C(C)C[Se](=O)(=O)C1. The van der Waals surface area contributed by atoms with Gasteiger partial charge in [0, 0.05) is 0 Å². The van der Waals surface area contributed by atoms with Gasteiger partial charge in [0.15, 0.2) is 0 Å². The summed E-state index contributed by atoms with van der Waals surface area (Å²) in [6.45, 7) is 3.79. The van der Waals surface area contributed by atoms with Crippen molar-refractivity contribution in [2.24, 2.45) is 0 Å². The first-order valence-electron chi connectivity index (χ1n) is 2.87. The summed E-state index contributed by atoms with van der Waals surface area (Å²) in [6, 6.07) is 0. The minimum atomic E-state index is -3.40.